The highest BCUT2D eigenvalue weighted by molar-refractivity contribution is 5.93. The molecule has 3 heterocycles. The van der Waals surface area contributed by atoms with Crippen LogP contribution in [0.15, 0.2) is 30.3 Å². The number of nitrogens with zero attached hydrogens (tertiary/aromatic N) is 1. The van der Waals surface area contributed by atoms with Gasteiger partial charge in [0.1, 0.15) is 12.1 Å². The zero-order valence-corrected chi connectivity index (χ0v) is 11.8. The number of ether oxygens (including phenoxy) is 1. The van der Waals surface area contributed by atoms with Crippen LogP contribution in [0.2, 0.25) is 0 Å². The maximum Gasteiger partial charge on any atom is 0.338 e. The standard InChI is InChI=1S/C16H19NO4/c18-10-16(14(19)12-6-8-17(16)9-7-12)11-21-15(20)13-4-2-1-3-5-13/h1-5,12,18H,6-11H2. The van der Waals surface area contributed by atoms with E-state index in [1.54, 1.807) is 24.3 Å². The van der Waals surface area contributed by atoms with Crippen LogP contribution in [-0.4, -0.2) is 53.6 Å². The predicted octanol–water partition coefficient (Wildman–Crippen LogP) is 0.869. The number of ketones is 1. The minimum absolute atomic E-state index is 0.00224. The fourth-order valence-electron chi connectivity index (χ4n) is 3.33. The zero-order valence-electron chi connectivity index (χ0n) is 11.8. The van der Waals surface area contributed by atoms with Crippen molar-refractivity contribution in [3.8, 4) is 0 Å². The molecule has 1 N–H and O–H groups in total. The fraction of sp³-hybridized carbons (Fsp3) is 0.500. The number of benzene rings is 1. The SMILES string of the molecule is O=C(OCC1(CO)C(=O)C2CCN1CC2)c1ccccc1. The second kappa shape index (κ2) is 5.58. The lowest BCUT2D eigenvalue weighted by Crippen LogP contribution is -2.69. The van der Waals surface area contributed by atoms with Gasteiger partial charge >= 0.3 is 5.97 Å². The Morgan fingerprint density at radius 2 is 1.95 bits per heavy atom. The first-order chi connectivity index (χ1) is 10.2. The molecule has 5 nitrogen and oxygen atoms in total. The Kier molecular flexibility index (Phi) is 3.78. The highest BCUT2D eigenvalue weighted by Crippen LogP contribution is 2.36. The third-order valence-corrected chi connectivity index (χ3v) is 4.64. The molecule has 0 aliphatic carbocycles. The Hall–Kier alpha value is -1.72. The van der Waals surface area contributed by atoms with Crippen LogP contribution >= 0.6 is 0 Å². The van der Waals surface area contributed by atoms with Gasteiger partial charge < -0.3 is 9.84 Å². The van der Waals surface area contributed by atoms with Crippen LogP contribution in [0.1, 0.15) is 23.2 Å². The number of aliphatic hydroxyl groups is 1. The lowest BCUT2D eigenvalue weighted by Gasteiger charge is -2.51. The topological polar surface area (TPSA) is 66.8 Å². The third kappa shape index (κ3) is 2.36. The first kappa shape index (κ1) is 14.2. The zero-order chi connectivity index (χ0) is 14.9. The molecular weight excluding hydrogens is 270 g/mol. The van der Waals surface area contributed by atoms with Gasteiger partial charge in [-0.3, -0.25) is 9.69 Å². The molecule has 0 spiro atoms. The molecule has 1 atom stereocenters. The van der Waals surface area contributed by atoms with Crippen LogP contribution in [0.4, 0.5) is 0 Å². The second-order valence-electron chi connectivity index (χ2n) is 5.76. The van der Waals surface area contributed by atoms with E-state index in [1.165, 1.54) is 0 Å². The van der Waals surface area contributed by atoms with Crippen molar-refractivity contribution in [2.24, 2.45) is 5.92 Å². The summed E-state index contributed by atoms with van der Waals surface area (Å²) in [6, 6.07) is 8.68. The van der Waals surface area contributed by atoms with Gasteiger partial charge in [0.05, 0.1) is 12.2 Å². The van der Waals surface area contributed by atoms with Crippen molar-refractivity contribution in [3.05, 3.63) is 35.9 Å². The molecular formula is C16H19NO4. The van der Waals surface area contributed by atoms with Gasteiger partial charge in [0.2, 0.25) is 0 Å². The highest BCUT2D eigenvalue weighted by atomic mass is 16.5. The summed E-state index contributed by atoms with van der Waals surface area (Å²) >= 11 is 0. The van der Waals surface area contributed by atoms with Crippen molar-refractivity contribution in [1.29, 1.82) is 0 Å². The molecule has 0 radical (unpaired) electrons. The molecule has 0 amide bonds. The molecule has 0 aromatic heterocycles. The van der Waals surface area contributed by atoms with E-state index in [2.05, 4.69) is 0 Å². The lowest BCUT2D eigenvalue weighted by molar-refractivity contribution is -0.156. The molecule has 112 valence electrons. The fourth-order valence-corrected chi connectivity index (χ4v) is 3.33. The van der Waals surface area contributed by atoms with Gasteiger partial charge in [0.25, 0.3) is 0 Å². The van der Waals surface area contributed by atoms with E-state index < -0.39 is 11.5 Å². The molecule has 3 fully saturated rings. The molecule has 1 aromatic carbocycles. The molecule has 21 heavy (non-hydrogen) atoms. The van der Waals surface area contributed by atoms with Crippen LogP contribution in [0.3, 0.4) is 0 Å². The molecule has 4 rings (SSSR count). The van der Waals surface area contributed by atoms with E-state index in [0.717, 1.165) is 25.9 Å². The third-order valence-electron chi connectivity index (χ3n) is 4.64. The van der Waals surface area contributed by atoms with E-state index in [0.29, 0.717) is 5.56 Å². The smallest absolute Gasteiger partial charge is 0.338 e. The number of esters is 1. The highest BCUT2D eigenvalue weighted by Gasteiger charge is 2.53. The number of aliphatic hydroxyl groups excluding tert-OH is 1. The molecule has 0 saturated carbocycles. The summed E-state index contributed by atoms with van der Waals surface area (Å²) in [5.41, 5.74) is -0.583. The Morgan fingerprint density at radius 1 is 1.29 bits per heavy atom. The van der Waals surface area contributed by atoms with Crippen molar-refractivity contribution < 1.29 is 19.4 Å². The summed E-state index contributed by atoms with van der Waals surface area (Å²) in [4.78, 5) is 26.5. The number of fused-ring (bicyclic) bond motifs is 3. The molecule has 3 saturated heterocycles. The number of hydrogen-bond donors (Lipinski definition) is 1. The van der Waals surface area contributed by atoms with Crippen LogP contribution in [0.25, 0.3) is 0 Å². The number of carbonyl (C=O) groups is 2. The van der Waals surface area contributed by atoms with E-state index in [4.69, 9.17) is 4.74 Å². The summed E-state index contributed by atoms with van der Waals surface area (Å²) < 4.78 is 5.32. The van der Waals surface area contributed by atoms with E-state index in [9.17, 15) is 14.7 Å². The van der Waals surface area contributed by atoms with E-state index in [1.807, 2.05) is 11.0 Å². The minimum Gasteiger partial charge on any atom is -0.460 e. The Balaban J connectivity index is 1.73. The van der Waals surface area contributed by atoms with Crippen LogP contribution in [-0.2, 0) is 9.53 Å². The van der Waals surface area contributed by atoms with Crippen molar-refractivity contribution in [1.82, 2.24) is 4.90 Å². The summed E-state index contributed by atoms with van der Waals surface area (Å²) in [5, 5.41) is 9.76. The number of carbonyl (C=O) groups excluding carboxylic acids is 2. The van der Waals surface area contributed by atoms with Crippen LogP contribution in [0.5, 0.6) is 0 Å². The predicted molar refractivity (Wildman–Crippen MR) is 75.8 cm³/mol. The van der Waals surface area contributed by atoms with Gasteiger partial charge in [0.15, 0.2) is 5.78 Å². The van der Waals surface area contributed by atoms with E-state index in [-0.39, 0.29) is 24.9 Å². The Labute approximate surface area is 123 Å². The van der Waals surface area contributed by atoms with Gasteiger partial charge in [-0.15, -0.1) is 0 Å². The van der Waals surface area contributed by atoms with Crippen LogP contribution in [0, 0.1) is 5.92 Å². The normalized spacial score (nSPS) is 31.2. The van der Waals surface area contributed by atoms with Crippen molar-refractivity contribution in [3.63, 3.8) is 0 Å². The van der Waals surface area contributed by atoms with Gasteiger partial charge in [-0.2, -0.15) is 0 Å². The molecule has 3 aliphatic rings. The number of piperidine rings is 3. The van der Waals surface area contributed by atoms with E-state index >= 15 is 0 Å². The second-order valence-corrected chi connectivity index (χ2v) is 5.76. The summed E-state index contributed by atoms with van der Waals surface area (Å²) in [6.07, 6.45) is 1.68. The van der Waals surface area contributed by atoms with Gasteiger partial charge in [-0.1, -0.05) is 18.2 Å². The van der Waals surface area contributed by atoms with Gasteiger partial charge in [0, 0.05) is 19.0 Å². The molecule has 2 bridgehead atoms. The van der Waals surface area contributed by atoms with Crippen molar-refractivity contribution in [2.75, 3.05) is 26.3 Å². The molecule has 3 aliphatic heterocycles. The average Bonchev–Trinajstić information content (AvgIpc) is 2.56. The maximum atomic E-state index is 12.5. The number of hydrogen-bond acceptors (Lipinski definition) is 5. The number of Topliss-reactive ketones (excluding diaryl/α,β-unsaturated/α-hetero) is 1. The summed E-state index contributed by atoms with van der Waals surface area (Å²) in [6.45, 7) is 1.18. The van der Waals surface area contributed by atoms with Crippen LogP contribution < -0.4 is 0 Å². The number of rotatable bonds is 4. The molecule has 1 aromatic rings. The summed E-state index contributed by atoms with van der Waals surface area (Å²) in [5.74, 6) is -0.445. The first-order valence-corrected chi connectivity index (χ1v) is 7.30. The lowest BCUT2D eigenvalue weighted by atomic mass is 9.74. The molecule has 1 unspecified atom stereocenters. The minimum atomic E-state index is -1.04. The summed E-state index contributed by atoms with van der Waals surface area (Å²) in [7, 11) is 0. The van der Waals surface area contributed by atoms with Gasteiger partial charge in [-0.25, -0.2) is 4.79 Å². The molecule has 5 heteroatoms. The van der Waals surface area contributed by atoms with Crippen molar-refractivity contribution in [2.45, 2.75) is 18.4 Å². The first-order valence-electron chi connectivity index (χ1n) is 7.30. The maximum absolute atomic E-state index is 12.5. The quantitative estimate of drug-likeness (QED) is 0.833. The average molecular weight is 289 g/mol. The van der Waals surface area contributed by atoms with Crippen molar-refractivity contribution >= 4 is 11.8 Å². The Bertz CT molecular complexity index is 536. The largest absolute Gasteiger partial charge is 0.460 e. The Morgan fingerprint density at radius 3 is 2.52 bits per heavy atom. The van der Waals surface area contributed by atoms with Gasteiger partial charge in [-0.05, 0) is 25.0 Å². The monoisotopic (exact) mass is 289 g/mol.